The van der Waals surface area contributed by atoms with E-state index in [1.165, 1.54) is 48.9 Å². The maximum Gasteiger partial charge on any atom is 0.0569 e. The number of thioether (sulfide) groups is 2. The molecular weight excluding hydrogens is 706 g/mol. The Hall–Kier alpha value is -2.33. The van der Waals surface area contributed by atoms with E-state index < -0.39 is 0 Å². The third-order valence-corrected chi connectivity index (χ3v) is 13.4. The van der Waals surface area contributed by atoms with Crippen LogP contribution in [0.15, 0.2) is 114 Å². The minimum Gasteiger partial charge on any atom is -0.368 e. The van der Waals surface area contributed by atoms with Gasteiger partial charge in [0, 0.05) is 109 Å². The van der Waals surface area contributed by atoms with Crippen molar-refractivity contribution in [2.45, 2.75) is 25.8 Å². The van der Waals surface area contributed by atoms with Gasteiger partial charge in [0.15, 0.2) is 0 Å². The van der Waals surface area contributed by atoms with E-state index in [0.717, 1.165) is 101 Å². The third-order valence-electron chi connectivity index (χ3n) is 10.2. The average Bonchev–Trinajstić information content (AvgIpc) is 3.45. The standard InChI is InChI=1S/C38H41BrClN5S2/c39-32-26-30-25-31(11-12-41-13-18-43(19-14-41)34-9-1-5-28-7-3-23-46-37(28)34)45(36(30)27-33(32)40)22-17-42-15-20-44(21-16-42)35-10-2-6-29-8-4-24-47-38(29)35/h1-4,7-10,23-27H,5-6,11-22H2. The van der Waals surface area contributed by atoms with Gasteiger partial charge in [-0.25, -0.2) is 0 Å². The SMILES string of the molecule is Clc1cc2c(cc1Br)cc(CCN1CCN(C3=C4SC=CC=C4CC=C3)CC1)n2CCN1CCN(C2=C3SC=CC=C3CC=C2)CC1. The summed E-state index contributed by atoms with van der Waals surface area (Å²) in [5.41, 5.74) is 8.41. The first-order valence-corrected chi connectivity index (χ1v) is 19.8. The Labute approximate surface area is 300 Å². The lowest BCUT2D eigenvalue weighted by molar-refractivity contribution is 0.156. The van der Waals surface area contributed by atoms with Crippen molar-refractivity contribution in [1.29, 1.82) is 0 Å². The van der Waals surface area contributed by atoms with Crippen molar-refractivity contribution < 1.29 is 0 Å². The molecule has 2 saturated heterocycles. The van der Waals surface area contributed by atoms with Gasteiger partial charge in [0.2, 0.25) is 0 Å². The smallest absolute Gasteiger partial charge is 0.0569 e. The number of benzene rings is 1. The lowest BCUT2D eigenvalue weighted by Gasteiger charge is -2.39. The number of nitrogens with zero attached hydrogens (tertiary/aromatic N) is 5. The van der Waals surface area contributed by atoms with Gasteiger partial charge in [-0.05, 0) is 81.1 Å². The molecule has 0 N–H and O–H groups in total. The third kappa shape index (κ3) is 6.79. The van der Waals surface area contributed by atoms with E-state index in [-0.39, 0.29) is 0 Å². The van der Waals surface area contributed by atoms with Crippen molar-refractivity contribution in [3.63, 3.8) is 0 Å². The summed E-state index contributed by atoms with van der Waals surface area (Å²) in [5.74, 6) is 0. The molecule has 0 amide bonds. The molecule has 2 aliphatic carbocycles. The predicted octanol–water partition coefficient (Wildman–Crippen LogP) is 8.55. The Kier molecular flexibility index (Phi) is 9.68. The highest BCUT2D eigenvalue weighted by Gasteiger charge is 2.26. The van der Waals surface area contributed by atoms with Gasteiger partial charge in [-0.2, -0.15) is 0 Å². The molecule has 0 spiro atoms. The fourth-order valence-electron chi connectivity index (χ4n) is 7.57. The molecule has 0 unspecified atom stereocenters. The summed E-state index contributed by atoms with van der Waals surface area (Å²) in [6, 6.07) is 6.74. The molecule has 1 aromatic heterocycles. The van der Waals surface area contributed by atoms with Crippen LogP contribution in [0.3, 0.4) is 0 Å². The largest absolute Gasteiger partial charge is 0.368 e. The lowest BCUT2D eigenvalue weighted by atomic mass is 10.0. The molecular formula is C38H41BrClN5S2. The molecule has 5 nitrogen and oxygen atoms in total. The van der Waals surface area contributed by atoms with Crippen LogP contribution in [0, 0.1) is 0 Å². The molecule has 2 fully saturated rings. The van der Waals surface area contributed by atoms with Crippen molar-refractivity contribution in [1.82, 2.24) is 24.2 Å². The minimum absolute atomic E-state index is 0.781. The van der Waals surface area contributed by atoms with Crippen LogP contribution < -0.4 is 0 Å². The summed E-state index contributed by atoms with van der Waals surface area (Å²) in [6.45, 7) is 11.8. The second-order valence-corrected chi connectivity index (χ2v) is 16.0. The van der Waals surface area contributed by atoms with Crippen molar-refractivity contribution >= 4 is 62.0 Å². The molecule has 0 bridgehead atoms. The number of allylic oxidation sites excluding steroid dienone is 10. The first-order valence-electron chi connectivity index (χ1n) is 16.9. The number of piperazine rings is 2. The van der Waals surface area contributed by atoms with Gasteiger partial charge in [0.25, 0.3) is 0 Å². The molecule has 244 valence electrons. The molecule has 6 aliphatic rings. The van der Waals surface area contributed by atoms with E-state index in [2.05, 4.69) is 118 Å². The van der Waals surface area contributed by atoms with Gasteiger partial charge in [-0.15, -0.1) is 0 Å². The van der Waals surface area contributed by atoms with E-state index in [9.17, 15) is 0 Å². The van der Waals surface area contributed by atoms with Crippen LogP contribution >= 0.6 is 51.1 Å². The predicted molar refractivity (Wildman–Crippen MR) is 206 cm³/mol. The number of rotatable bonds is 8. The number of halogens is 2. The number of fused-ring (bicyclic) bond motifs is 3. The minimum atomic E-state index is 0.781. The number of hydrogen-bond donors (Lipinski definition) is 0. The summed E-state index contributed by atoms with van der Waals surface area (Å²) < 4.78 is 3.52. The van der Waals surface area contributed by atoms with Crippen LogP contribution in [0.5, 0.6) is 0 Å². The van der Waals surface area contributed by atoms with Crippen LogP contribution in [-0.2, 0) is 13.0 Å². The molecule has 9 heteroatoms. The van der Waals surface area contributed by atoms with E-state index in [1.54, 1.807) is 0 Å². The summed E-state index contributed by atoms with van der Waals surface area (Å²) in [7, 11) is 0. The van der Waals surface area contributed by atoms with Crippen molar-refractivity contribution in [2.75, 3.05) is 65.4 Å². The van der Waals surface area contributed by atoms with Gasteiger partial charge in [-0.1, -0.05) is 71.6 Å². The zero-order valence-corrected chi connectivity index (χ0v) is 30.7. The van der Waals surface area contributed by atoms with E-state index >= 15 is 0 Å². The topological polar surface area (TPSA) is 17.9 Å². The second-order valence-electron chi connectivity index (χ2n) is 12.9. The van der Waals surface area contributed by atoms with Crippen LogP contribution in [0.2, 0.25) is 5.02 Å². The monoisotopic (exact) mass is 745 g/mol. The maximum absolute atomic E-state index is 6.65. The first-order chi connectivity index (χ1) is 23.1. The van der Waals surface area contributed by atoms with Crippen LogP contribution in [-0.4, -0.2) is 89.6 Å². The fourth-order valence-corrected chi connectivity index (χ4v) is 9.91. The van der Waals surface area contributed by atoms with Gasteiger partial charge in [0.05, 0.1) is 16.4 Å². The highest BCUT2D eigenvalue weighted by atomic mass is 79.9. The molecule has 5 heterocycles. The Morgan fingerprint density at radius 2 is 1.26 bits per heavy atom. The van der Waals surface area contributed by atoms with Crippen molar-refractivity contribution in [3.05, 3.63) is 125 Å². The average molecular weight is 747 g/mol. The Balaban J connectivity index is 0.906. The van der Waals surface area contributed by atoms with Gasteiger partial charge in [0.1, 0.15) is 0 Å². The molecule has 4 aliphatic heterocycles. The van der Waals surface area contributed by atoms with Gasteiger partial charge < -0.3 is 14.4 Å². The molecule has 2 aromatic rings. The second kappa shape index (κ2) is 14.3. The zero-order valence-electron chi connectivity index (χ0n) is 26.7. The highest BCUT2D eigenvalue weighted by molar-refractivity contribution is 9.10. The van der Waals surface area contributed by atoms with Crippen LogP contribution in [0.4, 0.5) is 0 Å². The molecule has 8 rings (SSSR count). The molecule has 0 saturated carbocycles. The molecule has 0 radical (unpaired) electrons. The lowest BCUT2D eigenvalue weighted by Crippen LogP contribution is -2.47. The van der Waals surface area contributed by atoms with Crippen molar-refractivity contribution in [2.24, 2.45) is 0 Å². The van der Waals surface area contributed by atoms with Crippen LogP contribution in [0.25, 0.3) is 10.9 Å². The zero-order chi connectivity index (χ0) is 31.7. The van der Waals surface area contributed by atoms with E-state index in [1.807, 2.05) is 23.5 Å². The highest BCUT2D eigenvalue weighted by Crippen LogP contribution is 2.40. The molecule has 47 heavy (non-hydrogen) atoms. The molecule has 1 aromatic carbocycles. The Morgan fingerprint density at radius 1 is 0.681 bits per heavy atom. The molecule has 0 atom stereocenters. The number of hydrogen-bond acceptors (Lipinski definition) is 6. The van der Waals surface area contributed by atoms with Crippen molar-refractivity contribution in [3.8, 4) is 0 Å². The van der Waals surface area contributed by atoms with E-state index in [4.69, 9.17) is 11.6 Å². The first kappa shape index (κ1) is 31.9. The summed E-state index contributed by atoms with van der Waals surface area (Å²) in [4.78, 5) is 13.4. The van der Waals surface area contributed by atoms with E-state index in [0.29, 0.717) is 0 Å². The summed E-state index contributed by atoms with van der Waals surface area (Å²) >= 11 is 14.1. The van der Waals surface area contributed by atoms with Gasteiger partial charge in [-0.3, -0.25) is 9.80 Å². The Morgan fingerprint density at radius 3 is 1.85 bits per heavy atom. The van der Waals surface area contributed by atoms with Crippen LogP contribution in [0.1, 0.15) is 18.5 Å². The number of aromatic nitrogens is 1. The quantitative estimate of drug-likeness (QED) is 0.268. The summed E-state index contributed by atoms with van der Waals surface area (Å²) in [5, 5.41) is 6.48. The van der Waals surface area contributed by atoms with Gasteiger partial charge >= 0.3 is 0 Å². The summed E-state index contributed by atoms with van der Waals surface area (Å²) in [6.07, 6.45) is 21.4. The Bertz CT molecular complexity index is 1790. The fraction of sp³-hybridized carbons (Fsp3) is 0.368. The maximum atomic E-state index is 6.65. The normalized spacial score (nSPS) is 21.9.